The van der Waals surface area contributed by atoms with E-state index >= 15 is 0 Å². The first-order valence-corrected chi connectivity index (χ1v) is 18.5. The van der Waals surface area contributed by atoms with Gasteiger partial charge in [0, 0.05) is 69.2 Å². The zero-order chi connectivity index (χ0) is 43.4. The van der Waals surface area contributed by atoms with Crippen LogP contribution in [0, 0.1) is 43.3 Å². The molecule has 0 spiro atoms. The van der Waals surface area contributed by atoms with Gasteiger partial charge in [0.1, 0.15) is 46.3 Å². The molecule has 0 aromatic heterocycles. The number of Topliss-reactive ketones (excluding diaryl/α,β-unsaturated/α-hetero) is 8. The molecule has 0 aliphatic carbocycles. The third-order valence-corrected chi connectivity index (χ3v) is 7.98. The molecule has 0 fully saturated rings. The number of carbonyl (C=O) groups excluding carboxylic acids is 8. The van der Waals surface area contributed by atoms with E-state index in [4.69, 9.17) is 0 Å². The molecule has 0 radical (unpaired) electrons. The van der Waals surface area contributed by atoms with Crippen LogP contribution in [-0.2, 0) is 64.2 Å². The Morgan fingerprint density at radius 3 is 0.302 bits per heavy atom. The van der Waals surface area contributed by atoms with Gasteiger partial charge in [-0.3, -0.25) is 38.4 Å². The van der Waals surface area contributed by atoms with Crippen molar-refractivity contribution in [1.82, 2.24) is 0 Å². The summed E-state index contributed by atoms with van der Waals surface area (Å²) in [6.45, 7) is 44.1. The summed E-state index contributed by atoms with van der Waals surface area (Å²) < 4.78 is 0. The van der Waals surface area contributed by atoms with E-state index in [0.717, 1.165) is 0 Å². The number of rotatable bonds is 8. The molecule has 53 heavy (non-hydrogen) atoms. The second kappa shape index (κ2) is 22.1. The molecule has 0 aliphatic heterocycles. The van der Waals surface area contributed by atoms with Gasteiger partial charge in [-0.1, -0.05) is 166 Å². The van der Waals surface area contributed by atoms with Crippen molar-refractivity contribution in [1.29, 1.82) is 0 Å². The zero-order valence-electron chi connectivity index (χ0n) is 38.6. The van der Waals surface area contributed by atoms with Crippen molar-refractivity contribution in [2.75, 3.05) is 0 Å². The Labute approximate surface area is 344 Å². The van der Waals surface area contributed by atoms with Crippen LogP contribution in [0.2, 0.25) is 0 Å². The van der Waals surface area contributed by atoms with Crippen LogP contribution in [-0.4, -0.2) is 46.3 Å². The Balaban J connectivity index is -0.000000192. The largest absolute Gasteiger partial charge is 0.299 e. The Bertz CT molecular complexity index is 964. The summed E-state index contributed by atoms with van der Waals surface area (Å²) in [7, 11) is 0. The van der Waals surface area contributed by atoms with E-state index in [0.29, 0.717) is 0 Å². The van der Waals surface area contributed by atoms with Crippen LogP contribution in [0.1, 0.15) is 192 Å². The van der Waals surface area contributed by atoms with Crippen LogP contribution in [0.3, 0.4) is 0 Å². The number of hydrogen-bond acceptors (Lipinski definition) is 8. The standard InChI is InChI=1S/4C11H20O2.Hf/c4*1-10(2,3)8(12)7-9(13)11(4,5)6;/h4*7H2,1-6H3;. The second-order valence-electron chi connectivity index (χ2n) is 22.1. The van der Waals surface area contributed by atoms with Gasteiger partial charge in [0.2, 0.25) is 0 Å². The van der Waals surface area contributed by atoms with Gasteiger partial charge in [-0.2, -0.15) is 0 Å². The van der Waals surface area contributed by atoms with E-state index in [-0.39, 0.29) is 97.8 Å². The smallest absolute Gasteiger partial charge is 0.145 e. The van der Waals surface area contributed by atoms with Gasteiger partial charge in [0.15, 0.2) is 0 Å². The van der Waals surface area contributed by atoms with Crippen molar-refractivity contribution in [2.45, 2.75) is 192 Å². The summed E-state index contributed by atoms with van der Waals surface area (Å²) in [5.41, 5.74) is -3.21. The van der Waals surface area contributed by atoms with Crippen LogP contribution in [0.15, 0.2) is 0 Å². The van der Waals surface area contributed by atoms with Crippen LogP contribution < -0.4 is 0 Å². The minimum atomic E-state index is -0.402. The maximum absolute atomic E-state index is 11.5. The van der Waals surface area contributed by atoms with Crippen molar-refractivity contribution >= 4 is 46.3 Å². The molecule has 0 saturated carbocycles. The molecule has 0 amide bonds. The average Bonchev–Trinajstić information content (AvgIpc) is 2.85. The maximum atomic E-state index is 11.5. The fourth-order valence-electron chi connectivity index (χ4n) is 2.70. The molecule has 8 nitrogen and oxygen atoms in total. The monoisotopic (exact) mass is 917 g/mol. The van der Waals surface area contributed by atoms with E-state index in [1.54, 1.807) is 0 Å². The molecule has 0 unspecified atom stereocenters. The Morgan fingerprint density at radius 1 is 0.208 bits per heavy atom. The molecule has 0 rings (SSSR count). The molecule has 0 aromatic rings. The Morgan fingerprint density at radius 2 is 0.264 bits per heavy atom. The van der Waals surface area contributed by atoms with Gasteiger partial charge in [0.05, 0.1) is 25.7 Å². The normalized spacial score (nSPS) is 12.5. The first kappa shape index (κ1) is 60.5. The molecule has 0 N–H and O–H groups in total. The van der Waals surface area contributed by atoms with E-state index < -0.39 is 43.3 Å². The van der Waals surface area contributed by atoms with E-state index in [1.807, 2.05) is 166 Å². The molecule has 0 aliphatic rings. The summed E-state index contributed by atoms with van der Waals surface area (Å²) >= 11 is 0. The van der Waals surface area contributed by atoms with Gasteiger partial charge in [-0.25, -0.2) is 0 Å². The molecule has 9 heteroatoms. The van der Waals surface area contributed by atoms with Gasteiger partial charge < -0.3 is 0 Å². The third-order valence-electron chi connectivity index (χ3n) is 7.98. The molecule has 308 valence electrons. The molecule has 0 atom stereocenters. The van der Waals surface area contributed by atoms with Crippen LogP contribution in [0.25, 0.3) is 0 Å². The number of hydrogen-bond donors (Lipinski definition) is 0. The van der Waals surface area contributed by atoms with Crippen LogP contribution in [0.4, 0.5) is 0 Å². The maximum Gasteiger partial charge on any atom is 0.145 e. The molecular formula is C44H80HfO8. The Kier molecular flexibility index (Phi) is 25.2. The van der Waals surface area contributed by atoms with Crippen molar-refractivity contribution in [3.63, 3.8) is 0 Å². The average molecular weight is 916 g/mol. The summed E-state index contributed by atoms with van der Waals surface area (Å²) in [4.78, 5) is 92.0. The van der Waals surface area contributed by atoms with Crippen LogP contribution in [0.5, 0.6) is 0 Å². The second-order valence-corrected chi connectivity index (χ2v) is 22.1. The van der Waals surface area contributed by atoms with Crippen molar-refractivity contribution in [2.24, 2.45) is 43.3 Å². The SMILES string of the molecule is CC(C)(C)C(=O)CC(=O)C(C)(C)C.CC(C)(C)C(=O)CC(=O)C(C)(C)C.CC(C)(C)C(=O)CC(=O)C(C)(C)C.CC(C)(C)C(=O)CC(=O)C(C)(C)C.[Hf]. The minimum Gasteiger partial charge on any atom is -0.299 e. The predicted octanol–water partition coefficient (Wildman–Crippen LogP) is 10.4. The molecule has 0 aromatic carbocycles. The Hall–Kier alpha value is -1.77. The molecular weight excluding hydrogens is 835 g/mol. The fourth-order valence-corrected chi connectivity index (χ4v) is 2.70. The first-order valence-electron chi connectivity index (χ1n) is 18.5. The van der Waals surface area contributed by atoms with Crippen molar-refractivity contribution in [3.8, 4) is 0 Å². The quantitative estimate of drug-likeness (QED) is 0.173. The van der Waals surface area contributed by atoms with Crippen LogP contribution >= 0.6 is 0 Å². The van der Waals surface area contributed by atoms with Crippen molar-refractivity contribution in [3.05, 3.63) is 0 Å². The summed E-state index contributed by atoms with van der Waals surface area (Å²) in [5.74, 6) is 0.166. The molecule has 0 heterocycles. The topological polar surface area (TPSA) is 137 Å². The number of carbonyl (C=O) groups is 8. The zero-order valence-corrected chi connectivity index (χ0v) is 42.2. The van der Waals surface area contributed by atoms with Gasteiger partial charge >= 0.3 is 0 Å². The van der Waals surface area contributed by atoms with Crippen molar-refractivity contribution < 1.29 is 64.2 Å². The van der Waals surface area contributed by atoms with Gasteiger partial charge in [-0.05, 0) is 0 Å². The van der Waals surface area contributed by atoms with E-state index in [9.17, 15) is 38.4 Å². The minimum absolute atomic E-state index is 0. The number of ketones is 8. The summed E-state index contributed by atoms with van der Waals surface area (Å²) in [6.07, 6.45) is 0.250. The van der Waals surface area contributed by atoms with Gasteiger partial charge in [0.25, 0.3) is 0 Å². The summed E-state index contributed by atoms with van der Waals surface area (Å²) in [5, 5.41) is 0. The summed E-state index contributed by atoms with van der Waals surface area (Å²) in [6, 6.07) is 0. The van der Waals surface area contributed by atoms with E-state index in [1.165, 1.54) is 0 Å². The molecule has 0 saturated heterocycles. The predicted molar refractivity (Wildman–Crippen MR) is 214 cm³/mol. The third kappa shape index (κ3) is 30.2. The van der Waals surface area contributed by atoms with Gasteiger partial charge in [-0.15, -0.1) is 0 Å². The molecule has 0 bridgehead atoms. The first-order chi connectivity index (χ1) is 22.2. The van der Waals surface area contributed by atoms with E-state index in [2.05, 4.69) is 0 Å². The fraction of sp³-hybridized carbons (Fsp3) is 0.818.